The van der Waals surface area contributed by atoms with Gasteiger partial charge >= 0.3 is 191 Å². The van der Waals surface area contributed by atoms with Crippen molar-refractivity contribution in [2.24, 2.45) is 0 Å². The van der Waals surface area contributed by atoms with Crippen LogP contribution in [0, 0.1) is 0 Å². The molecule has 0 heterocycles. The summed E-state index contributed by atoms with van der Waals surface area (Å²) in [5, 5.41) is 0. The van der Waals surface area contributed by atoms with Gasteiger partial charge in [-0.05, 0) is 0 Å². The monoisotopic (exact) mass is 534 g/mol. The normalized spacial score (nSPS) is 20.7. The SMILES string of the molecule is C[CH]=[Zr]([Cl])([Cl])([CH]1C=Cc2ccccc21)[CH]1C=C(CCO[Si](C)(C)C)c2ccccc21. The molecular weight excluding hydrogens is 506 g/mol. The molecule has 158 valence electrons. The summed E-state index contributed by atoms with van der Waals surface area (Å²) in [6, 6.07) is 17.2. The first-order valence-corrected chi connectivity index (χ1v) is 24.7. The van der Waals surface area contributed by atoms with E-state index in [4.69, 9.17) is 21.5 Å². The van der Waals surface area contributed by atoms with Crippen molar-refractivity contribution in [2.45, 2.75) is 40.2 Å². The van der Waals surface area contributed by atoms with Crippen LogP contribution >= 0.6 is 17.0 Å². The Morgan fingerprint density at radius 1 is 0.967 bits per heavy atom. The topological polar surface area (TPSA) is 9.23 Å². The number of hydrogen-bond acceptors (Lipinski definition) is 1. The number of benzene rings is 2. The van der Waals surface area contributed by atoms with Crippen LogP contribution in [-0.2, 0) is 20.3 Å². The number of fused-ring (bicyclic) bond motifs is 2. The first kappa shape index (κ1) is 22.6. The predicted octanol–water partition coefficient (Wildman–Crippen LogP) is 7.95. The van der Waals surface area contributed by atoms with Crippen LogP contribution in [0.25, 0.3) is 11.6 Å². The second-order valence-corrected chi connectivity index (χ2v) is 35.6. The molecule has 0 aliphatic heterocycles. The number of rotatable bonds is 6. The van der Waals surface area contributed by atoms with Gasteiger partial charge in [-0.2, -0.15) is 0 Å². The molecule has 0 radical (unpaired) electrons. The molecule has 4 rings (SSSR count). The number of halogens is 2. The summed E-state index contributed by atoms with van der Waals surface area (Å²) in [6.07, 6.45) is 7.71. The minimum atomic E-state index is -4.48. The van der Waals surface area contributed by atoms with Gasteiger partial charge in [0.25, 0.3) is 0 Å². The maximum atomic E-state index is 7.72. The molecule has 1 nitrogen and oxygen atoms in total. The van der Waals surface area contributed by atoms with E-state index in [1.54, 1.807) is 0 Å². The van der Waals surface area contributed by atoms with Crippen molar-refractivity contribution in [1.82, 2.24) is 0 Å². The minimum absolute atomic E-state index is 0.0682. The van der Waals surface area contributed by atoms with Crippen LogP contribution in [0.1, 0.15) is 42.8 Å². The summed E-state index contributed by atoms with van der Waals surface area (Å²) < 4.78 is 8.50. The van der Waals surface area contributed by atoms with Gasteiger partial charge in [0.05, 0.1) is 0 Å². The summed E-state index contributed by atoms with van der Waals surface area (Å²) >= 11 is -4.48. The van der Waals surface area contributed by atoms with E-state index in [9.17, 15) is 0 Å². The zero-order valence-corrected chi connectivity index (χ0v) is 23.1. The maximum absolute atomic E-state index is 7.72. The zero-order chi connectivity index (χ0) is 21.6. The van der Waals surface area contributed by atoms with Crippen molar-refractivity contribution in [3.05, 3.63) is 82.9 Å². The third kappa shape index (κ3) is 3.97. The summed E-state index contributed by atoms with van der Waals surface area (Å²) in [6.45, 7) is 9.52. The fourth-order valence-corrected chi connectivity index (χ4v) is 19.3. The molecule has 0 amide bonds. The molecule has 0 spiro atoms. The van der Waals surface area contributed by atoms with E-state index < -0.39 is 24.2 Å². The fraction of sp³-hybridized carbons (Fsp3) is 0.320. The molecule has 30 heavy (non-hydrogen) atoms. The molecular formula is C25H30Cl2OSiZr. The predicted molar refractivity (Wildman–Crippen MR) is 133 cm³/mol. The average molecular weight is 537 g/mol. The van der Waals surface area contributed by atoms with Gasteiger partial charge in [0.1, 0.15) is 0 Å². The molecule has 0 aromatic heterocycles. The van der Waals surface area contributed by atoms with Crippen LogP contribution in [0.15, 0.2) is 60.7 Å². The van der Waals surface area contributed by atoms with Crippen molar-refractivity contribution in [3.8, 4) is 0 Å². The number of hydrogen-bond donors (Lipinski definition) is 0. The van der Waals surface area contributed by atoms with Gasteiger partial charge < -0.3 is 0 Å². The second-order valence-electron chi connectivity index (χ2n) is 9.45. The fourth-order valence-electron chi connectivity index (χ4n) is 4.87. The van der Waals surface area contributed by atoms with Crippen LogP contribution in [0.5, 0.6) is 0 Å². The van der Waals surface area contributed by atoms with E-state index in [-0.39, 0.29) is 7.25 Å². The Kier molecular flexibility index (Phi) is 6.10. The Morgan fingerprint density at radius 3 is 2.33 bits per heavy atom. The quantitative estimate of drug-likeness (QED) is 0.341. The molecule has 2 aromatic rings. The van der Waals surface area contributed by atoms with Crippen molar-refractivity contribution >= 4 is 40.7 Å². The Bertz CT molecular complexity index is 1100. The molecule has 2 aromatic carbocycles. The van der Waals surface area contributed by atoms with Gasteiger partial charge in [-0.1, -0.05) is 0 Å². The molecule has 0 bridgehead atoms. The van der Waals surface area contributed by atoms with E-state index in [1.165, 1.54) is 27.8 Å². The van der Waals surface area contributed by atoms with E-state index >= 15 is 0 Å². The van der Waals surface area contributed by atoms with E-state index in [0.29, 0.717) is 0 Å². The van der Waals surface area contributed by atoms with Crippen LogP contribution in [-0.4, -0.2) is 18.6 Å². The van der Waals surface area contributed by atoms with Crippen molar-refractivity contribution in [1.29, 1.82) is 0 Å². The molecule has 2 aliphatic carbocycles. The Morgan fingerprint density at radius 2 is 1.63 bits per heavy atom. The average Bonchev–Trinajstić information content (AvgIpc) is 3.31. The first-order chi connectivity index (χ1) is 14.1. The molecule has 2 atom stereocenters. The van der Waals surface area contributed by atoms with Gasteiger partial charge in [0.2, 0.25) is 0 Å². The van der Waals surface area contributed by atoms with E-state index in [1.807, 2.05) is 0 Å². The summed E-state index contributed by atoms with van der Waals surface area (Å²) in [7, 11) is 13.9. The van der Waals surface area contributed by atoms with Gasteiger partial charge in [0.15, 0.2) is 0 Å². The molecule has 0 saturated carbocycles. The van der Waals surface area contributed by atoms with E-state index in [2.05, 4.69) is 97.0 Å². The van der Waals surface area contributed by atoms with Gasteiger partial charge in [-0.15, -0.1) is 0 Å². The summed E-state index contributed by atoms with van der Waals surface area (Å²) in [5.41, 5.74) is 6.41. The molecule has 2 unspecified atom stereocenters. The molecule has 0 N–H and O–H groups in total. The van der Waals surface area contributed by atoms with Crippen molar-refractivity contribution < 1.29 is 20.3 Å². The van der Waals surface area contributed by atoms with Gasteiger partial charge in [-0.25, -0.2) is 0 Å². The summed E-state index contributed by atoms with van der Waals surface area (Å²) in [4.78, 5) is 0. The van der Waals surface area contributed by atoms with Crippen molar-refractivity contribution in [3.63, 3.8) is 0 Å². The summed E-state index contributed by atoms with van der Waals surface area (Å²) in [5.74, 6) is 0. The molecule has 2 aliphatic rings. The number of allylic oxidation sites excluding steroid dienone is 2. The third-order valence-corrected chi connectivity index (χ3v) is 26.6. The standard InChI is InChI=1S/C14H19OSi.C9H7.C2H4.2ClH.Zr/c1-16(2,3)15-11-10-13-9-8-12-6-4-5-7-14(12)13;1-2-5-9-7-3-6-8(9)4-1;1-2;;;/h4-9H,10-11H2,1-3H3;1-7H;1H,2H3;2*1H;/q;;;;;+2/p-2. The van der Waals surface area contributed by atoms with Crippen LogP contribution in [0.2, 0.25) is 19.6 Å². The Balaban J connectivity index is 1.77. The van der Waals surface area contributed by atoms with Crippen LogP contribution in [0.4, 0.5) is 0 Å². The second kappa shape index (κ2) is 8.09. The van der Waals surface area contributed by atoms with Gasteiger partial charge in [0, 0.05) is 0 Å². The van der Waals surface area contributed by atoms with Gasteiger partial charge in [-0.3, -0.25) is 0 Å². The molecule has 0 saturated heterocycles. The third-order valence-electron chi connectivity index (χ3n) is 6.46. The zero-order valence-electron chi connectivity index (χ0n) is 18.2. The molecule has 5 heteroatoms. The Labute approximate surface area is 189 Å². The van der Waals surface area contributed by atoms with Crippen LogP contribution < -0.4 is 0 Å². The Hall–Kier alpha value is -0.570. The van der Waals surface area contributed by atoms with Crippen LogP contribution in [0.3, 0.4) is 0 Å². The molecule has 0 fully saturated rings. The van der Waals surface area contributed by atoms with E-state index in [0.717, 1.165) is 13.0 Å². The first-order valence-electron chi connectivity index (χ1n) is 10.7. The van der Waals surface area contributed by atoms with Crippen molar-refractivity contribution in [2.75, 3.05) is 6.61 Å².